The molecule has 3 aromatic carbocycles. The Labute approximate surface area is 209 Å². The number of benzene rings is 3. The molecule has 9 heteroatoms. The van der Waals surface area contributed by atoms with Gasteiger partial charge < -0.3 is 19.5 Å². The molecule has 9 nitrogen and oxygen atoms in total. The Bertz CT molecular complexity index is 1310. The lowest BCUT2D eigenvalue weighted by molar-refractivity contribution is -0.136. The zero-order valence-corrected chi connectivity index (χ0v) is 20.7. The average molecular weight is 490 g/mol. The number of aryl methyl sites for hydroxylation is 2. The van der Waals surface area contributed by atoms with Crippen LogP contribution in [-0.4, -0.2) is 37.7 Å². The minimum Gasteiger partial charge on any atom is -0.496 e. The van der Waals surface area contributed by atoms with Crippen molar-refractivity contribution in [1.82, 2.24) is 5.43 Å². The van der Waals surface area contributed by atoms with Crippen LogP contribution in [0.4, 0.5) is 5.69 Å². The quantitative estimate of drug-likeness (QED) is 0.170. The molecule has 0 saturated carbocycles. The molecule has 0 aromatic heterocycles. The summed E-state index contributed by atoms with van der Waals surface area (Å²) in [7, 11) is 2.90. The second kappa shape index (κ2) is 11.7. The summed E-state index contributed by atoms with van der Waals surface area (Å²) in [6.07, 6.45) is 0. The number of nitrogens with one attached hydrogen (secondary N) is 2. The Morgan fingerprint density at radius 2 is 1.44 bits per heavy atom. The standard InChI is InChI=1S/C27H27N3O6/c1-16-12-17(2)14-20(13-16)28-25(31)26(32)30-29-18(3)19-10-11-23(24(15-19)35-5)36-27(33)21-8-6-7-9-22(21)34-4/h6-15H,1-5H3,(H,28,31)(H,30,32). The number of amides is 2. The predicted octanol–water partition coefficient (Wildman–Crippen LogP) is 4.02. The second-order valence-electron chi connectivity index (χ2n) is 7.92. The third-order valence-electron chi connectivity index (χ3n) is 5.12. The van der Waals surface area contributed by atoms with Crippen molar-refractivity contribution in [3.8, 4) is 17.2 Å². The van der Waals surface area contributed by atoms with Crippen LogP contribution in [0.2, 0.25) is 0 Å². The molecule has 2 N–H and O–H groups in total. The van der Waals surface area contributed by atoms with Gasteiger partial charge in [0.05, 0.1) is 19.9 Å². The van der Waals surface area contributed by atoms with Gasteiger partial charge in [-0.05, 0) is 74.4 Å². The Kier molecular flexibility index (Phi) is 8.40. The molecular weight excluding hydrogens is 462 g/mol. The van der Waals surface area contributed by atoms with Crippen LogP contribution in [-0.2, 0) is 9.59 Å². The SMILES string of the molecule is COc1cc(C(C)=NNC(=O)C(=O)Nc2cc(C)cc(C)c2)ccc1OC(=O)c1ccccc1OC. The van der Waals surface area contributed by atoms with E-state index >= 15 is 0 Å². The fourth-order valence-electron chi connectivity index (χ4n) is 3.43. The first-order chi connectivity index (χ1) is 17.2. The first-order valence-electron chi connectivity index (χ1n) is 11.0. The number of hydrogen-bond donors (Lipinski definition) is 2. The Morgan fingerprint density at radius 3 is 2.11 bits per heavy atom. The molecule has 0 radical (unpaired) electrons. The lowest BCUT2D eigenvalue weighted by Gasteiger charge is -2.12. The molecule has 0 heterocycles. The van der Waals surface area contributed by atoms with Crippen LogP contribution >= 0.6 is 0 Å². The normalized spacial score (nSPS) is 10.9. The van der Waals surface area contributed by atoms with Crippen LogP contribution in [0.3, 0.4) is 0 Å². The number of hydrogen-bond acceptors (Lipinski definition) is 7. The molecule has 186 valence electrons. The van der Waals surface area contributed by atoms with E-state index in [0.29, 0.717) is 22.7 Å². The van der Waals surface area contributed by atoms with Crippen LogP contribution < -0.4 is 25.0 Å². The molecule has 0 aliphatic heterocycles. The summed E-state index contributed by atoms with van der Waals surface area (Å²) in [6.45, 7) is 5.45. The number of carbonyl (C=O) groups is 3. The van der Waals surface area contributed by atoms with E-state index in [1.54, 1.807) is 61.5 Å². The second-order valence-corrected chi connectivity index (χ2v) is 7.92. The zero-order valence-electron chi connectivity index (χ0n) is 20.7. The molecule has 2 amide bonds. The average Bonchev–Trinajstić information content (AvgIpc) is 2.86. The maximum atomic E-state index is 12.6. The van der Waals surface area contributed by atoms with Crippen LogP contribution in [0.1, 0.15) is 34.0 Å². The first kappa shape index (κ1) is 26.0. The lowest BCUT2D eigenvalue weighted by atomic mass is 10.1. The van der Waals surface area contributed by atoms with Crippen molar-refractivity contribution in [1.29, 1.82) is 0 Å². The Morgan fingerprint density at radius 1 is 0.778 bits per heavy atom. The summed E-state index contributed by atoms with van der Waals surface area (Å²) >= 11 is 0. The van der Waals surface area contributed by atoms with E-state index < -0.39 is 17.8 Å². The highest BCUT2D eigenvalue weighted by molar-refractivity contribution is 6.39. The molecule has 0 saturated heterocycles. The Balaban J connectivity index is 1.69. The highest BCUT2D eigenvalue weighted by Gasteiger charge is 2.18. The molecule has 0 spiro atoms. The topological polar surface area (TPSA) is 115 Å². The largest absolute Gasteiger partial charge is 0.496 e. The fourth-order valence-corrected chi connectivity index (χ4v) is 3.43. The lowest BCUT2D eigenvalue weighted by Crippen LogP contribution is -2.33. The van der Waals surface area contributed by atoms with Crippen molar-refractivity contribution in [2.45, 2.75) is 20.8 Å². The number of anilines is 1. The minimum absolute atomic E-state index is 0.196. The third kappa shape index (κ3) is 6.47. The number of ether oxygens (including phenoxy) is 3. The van der Waals surface area contributed by atoms with Gasteiger partial charge >= 0.3 is 17.8 Å². The van der Waals surface area contributed by atoms with Crippen LogP contribution in [0.25, 0.3) is 0 Å². The summed E-state index contributed by atoms with van der Waals surface area (Å²) in [6, 6.07) is 17.0. The summed E-state index contributed by atoms with van der Waals surface area (Å²) in [5.74, 6) is -1.49. The molecule has 0 atom stereocenters. The van der Waals surface area contributed by atoms with E-state index in [-0.39, 0.29) is 17.1 Å². The zero-order chi connectivity index (χ0) is 26.2. The highest BCUT2D eigenvalue weighted by Crippen LogP contribution is 2.30. The monoisotopic (exact) mass is 489 g/mol. The molecule has 0 unspecified atom stereocenters. The highest BCUT2D eigenvalue weighted by atomic mass is 16.6. The molecule has 3 rings (SSSR count). The molecular formula is C27H27N3O6. The molecule has 0 aliphatic carbocycles. The molecule has 0 aliphatic rings. The van der Waals surface area contributed by atoms with Gasteiger partial charge in [-0.15, -0.1) is 0 Å². The van der Waals surface area contributed by atoms with Crippen molar-refractivity contribution in [2.75, 3.05) is 19.5 Å². The number of para-hydroxylation sites is 1. The van der Waals surface area contributed by atoms with Crippen LogP contribution in [0, 0.1) is 13.8 Å². The summed E-state index contributed by atoms with van der Waals surface area (Å²) in [5, 5.41) is 6.56. The predicted molar refractivity (Wildman–Crippen MR) is 136 cm³/mol. The van der Waals surface area contributed by atoms with Gasteiger partial charge in [-0.3, -0.25) is 9.59 Å². The van der Waals surface area contributed by atoms with Gasteiger partial charge in [0.25, 0.3) is 0 Å². The van der Waals surface area contributed by atoms with E-state index in [1.807, 2.05) is 19.9 Å². The van der Waals surface area contributed by atoms with Gasteiger partial charge in [-0.25, -0.2) is 10.2 Å². The minimum atomic E-state index is -0.914. The number of methoxy groups -OCH3 is 2. The number of nitrogens with zero attached hydrogens (tertiary/aromatic N) is 1. The van der Waals surface area contributed by atoms with Crippen molar-refractivity contribution in [3.05, 3.63) is 82.9 Å². The number of hydrazone groups is 1. The first-order valence-corrected chi connectivity index (χ1v) is 11.0. The van der Waals surface area contributed by atoms with Gasteiger partial charge in [0.15, 0.2) is 11.5 Å². The molecule has 3 aromatic rings. The van der Waals surface area contributed by atoms with E-state index in [0.717, 1.165) is 11.1 Å². The van der Waals surface area contributed by atoms with Crippen molar-refractivity contribution >= 4 is 29.2 Å². The molecule has 0 fully saturated rings. The van der Waals surface area contributed by atoms with Gasteiger partial charge in [-0.1, -0.05) is 18.2 Å². The maximum absolute atomic E-state index is 12.6. The van der Waals surface area contributed by atoms with Gasteiger partial charge in [0, 0.05) is 11.3 Å². The molecule has 0 bridgehead atoms. The van der Waals surface area contributed by atoms with E-state index in [9.17, 15) is 14.4 Å². The Hall–Kier alpha value is -4.66. The number of esters is 1. The van der Waals surface area contributed by atoms with Gasteiger partial charge in [-0.2, -0.15) is 5.10 Å². The van der Waals surface area contributed by atoms with E-state index in [4.69, 9.17) is 14.2 Å². The van der Waals surface area contributed by atoms with Crippen molar-refractivity contribution in [2.24, 2.45) is 5.10 Å². The van der Waals surface area contributed by atoms with Crippen molar-refractivity contribution in [3.63, 3.8) is 0 Å². The van der Waals surface area contributed by atoms with E-state index in [1.165, 1.54) is 14.2 Å². The van der Waals surface area contributed by atoms with Crippen molar-refractivity contribution < 1.29 is 28.6 Å². The summed E-state index contributed by atoms with van der Waals surface area (Å²) < 4.78 is 16.1. The van der Waals surface area contributed by atoms with Crippen LogP contribution in [0.5, 0.6) is 17.2 Å². The number of carbonyl (C=O) groups excluding carboxylic acids is 3. The summed E-state index contributed by atoms with van der Waals surface area (Å²) in [5.41, 5.74) is 5.95. The third-order valence-corrected chi connectivity index (χ3v) is 5.12. The number of rotatable bonds is 7. The van der Waals surface area contributed by atoms with E-state index in [2.05, 4.69) is 15.8 Å². The van der Waals surface area contributed by atoms with Gasteiger partial charge in [0.1, 0.15) is 11.3 Å². The fraction of sp³-hybridized carbons (Fsp3) is 0.185. The molecule has 36 heavy (non-hydrogen) atoms. The summed E-state index contributed by atoms with van der Waals surface area (Å²) in [4.78, 5) is 37.1. The van der Waals surface area contributed by atoms with Crippen LogP contribution in [0.15, 0.2) is 65.8 Å². The van der Waals surface area contributed by atoms with Gasteiger partial charge in [0.2, 0.25) is 0 Å². The smallest absolute Gasteiger partial charge is 0.347 e. The maximum Gasteiger partial charge on any atom is 0.347 e.